The highest BCUT2D eigenvalue weighted by Crippen LogP contribution is 2.24. The van der Waals surface area contributed by atoms with Crippen LogP contribution in [0.2, 0.25) is 0 Å². The Labute approximate surface area is 147 Å². The van der Waals surface area contributed by atoms with E-state index in [0.717, 1.165) is 41.9 Å². The molecule has 0 spiro atoms. The number of nitrogens with one attached hydrogen (secondary N) is 1. The zero-order valence-corrected chi connectivity index (χ0v) is 15.0. The molecule has 1 fully saturated rings. The first-order valence-corrected chi connectivity index (χ1v) is 8.61. The van der Waals surface area contributed by atoms with Gasteiger partial charge in [-0.15, -0.1) is 0 Å². The van der Waals surface area contributed by atoms with E-state index in [9.17, 15) is 9.59 Å². The van der Waals surface area contributed by atoms with Crippen LogP contribution in [-0.4, -0.2) is 28.8 Å². The molecule has 1 unspecified atom stereocenters. The minimum absolute atomic E-state index is 0.0372. The second kappa shape index (κ2) is 7.09. The minimum atomic E-state index is -0.139. The van der Waals surface area contributed by atoms with Gasteiger partial charge in [-0.05, 0) is 43.9 Å². The molecule has 3 rings (SSSR count). The van der Waals surface area contributed by atoms with Crippen molar-refractivity contribution in [1.29, 1.82) is 0 Å². The molecule has 6 heteroatoms. The Kier molecular flexibility index (Phi) is 4.88. The average Bonchev–Trinajstić information content (AvgIpc) is 2.61. The summed E-state index contributed by atoms with van der Waals surface area (Å²) in [4.78, 5) is 26.6. The van der Waals surface area contributed by atoms with Crippen LogP contribution in [0.3, 0.4) is 0 Å². The predicted octanol–water partition coefficient (Wildman–Crippen LogP) is 2.25. The van der Waals surface area contributed by atoms with Crippen LogP contribution >= 0.6 is 0 Å². The maximum absolute atomic E-state index is 12.7. The molecule has 1 atom stereocenters. The topological polar surface area (TPSA) is 67.2 Å². The van der Waals surface area contributed by atoms with Gasteiger partial charge < -0.3 is 10.2 Å². The van der Waals surface area contributed by atoms with Crippen LogP contribution in [0, 0.1) is 19.8 Å². The molecule has 0 aliphatic carbocycles. The number of anilines is 2. The Bertz CT molecular complexity index is 844. The van der Waals surface area contributed by atoms with Gasteiger partial charge in [0.25, 0.3) is 5.56 Å². The number of amides is 1. The van der Waals surface area contributed by atoms with E-state index >= 15 is 0 Å². The second-order valence-corrected chi connectivity index (χ2v) is 6.70. The Morgan fingerprint density at radius 3 is 2.88 bits per heavy atom. The van der Waals surface area contributed by atoms with Crippen molar-refractivity contribution < 1.29 is 4.79 Å². The highest BCUT2D eigenvalue weighted by Gasteiger charge is 2.26. The van der Waals surface area contributed by atoms with Crippen molar-refractivity contribution in [2.24, 2.45) is 13.0 Å². The van der Waals surface area contributed by atoms with E-state index in [4.69, 9.17) is 0 Å². The molecule has 1 aliphatic rings. The summed E-state index contributed by atoms with van der Waals surface area (Å²) >= 11 is 0. The Morgan fingerprint density at radius 2 is 2.12 bits per heavy atom. The molecule has 1 aromatic heterocycles. The number of nitrogens with zero attached hydrogens (tertiary/aromatic N) is 3. The highest BCUT2D eigenvalue weighted by atomic mass is 16.2. The number of carbonyl (C=O) groups is 1. The molecule has 1 aliphatic heterocycles. The fraction of sp³-hybridized carbons (Fsp3) is 0.421. The van der Waals surface area contributed by atoms with Gasteiger partial charge in [0, 0.05) is 31.9 Å². The lowest BCUT2D eigenvalue weighted by molar-refractivity contribution is -0.120. The molecular weight excluding hydrogens is 316 g/mol. The SMILES string of the molecule is Cc1cccc(NC(=O)C2CCCN(c3cnn(C)c(=O)c3)C2)c1C. The highest BCUT2D eigenvalue weighted by molar-refractivity contribution is 5.93. The average molecular weight is 340 g/mol. The Hall–Kier alpha value is -2.63. The predicted molar refractivity (Wildman–Crippen MR) is 99.0 cm³/mol. The van der Waals surface area contributed by atoms with E-state index < -0.39 is 0 Å². The number of benzene rings is 1. The van der Waals surface area contributed by atoms with Gasteiger partial charge in [-0.2, -0.15) is 5.10 Å². The monoisotopic (exact) mass is 340 g/mol. The molecule has 1 N–H and O–H groups in total. The van der Waals surface area contributed by atoms with Crippen LogP contribution in [0.5, 0.6) is 0 Å². The number of hydrogen-bond donors (Lipinski definition) is 1. The second-order valence-electron chi connectivity index (χ2n) is 6.70. The number of aryl methyl sites for hydroxylation is 2. The maximum atomic E-state index is 12.7. The van der Waals surface area contributed by atoms with Crippen molar-refractivity contribution in [1.82, 2.24) is 9.78 Å². The first-order valence-electron chi connectivity index (χ1n) is 8.61. The largest absolute Gasteiger partial charge is 0.369 e. The summed E-state index contributed by atoms with van der Waals surface area (Å²) in [5, 5.41) is 7.14. The van der Waals surface area contributed by atoms with Crippen LogP contribution in [0.15, 0.2) is 35.3 Å². The number of rotatable bonds is 3. The molecule has 2 aromatic rings. The van der Waals surface area contributed by atoms with Crippen LogP contribution in [0.25, 0.3) is 0 Å². The number of aromatic nitrogens is 2. The van der Waals surface area contributed by atoms with Crippen molar-refractivity contribution >= 4 is 17.3 Å². The third-order valence-electron chi connectivity index (χ3n) is 4.97. The number of piperidine rings is 1. The standard InChI is InChI=1S/C19H24N4O2/c1-13-6-4-8-17(14(13)2)21-19(25)15-7-5-9-23(12-15)16-10-18(24)22(3)20-11-16/h4,6,8,10-11,15H,5,7,9,12H2,1-3H3,(H,21,25). The molecule has 0 saturated carbocycles. The molecule has 0 radical (unpaired) electrons. The summed E-state index contributed by atoms with van der Waals surface area (Å²) < 4.78 is 1.30. The van der Waals surface area contributed by atoms with Gasteiger partial charge in [0.15, 0.2) is 0 Å². The zero-order valence-electron chi connectivity index (χ0n) is 15.0. The summed E-state index contributed by atoms with van der Waals surface area (Å²) in [5.41, 5.74) is 3.78. The van der Waals surface area contributed by atoms with E-state index in [-0.39, 0.29) is 17.4 Å². The van der Waals surface area contributed by atoms with Crippen LogP contribution in [-0.2, 0) is 11.8 Å². The van der Waals surface area contributed by atoms with Gasteiger partial charge in [-0.25, -0.2) is 4.68 Å². The molecule has 132 valence electrons. The molecular formula is C19H24N4O2. The van der Waals surface area contributed by atoms with Crippen molar-refractivity contribution in [2.75, 3.05) is 23.3 Å². The number of hydrogen-bond acceptors (Lipinski definition) is 4. The van der Waals surface area contributed by atoms with Crippen LogP contribution in [0.4, 0.5) is 11.4 Å². The Morgan fingerprint density at radius 1 is 1.32 bits per heavy atom. The molecule has 6 nitrogen and oxygen atoms in total. The molecule has 0 bridgehead atoms. The van der Waals surface area contributed by atoms with Gasteiger partial charge in [0.05, 0.1) is 17.8 Å². The molecule has 1 aromatic carbocycles. The molecule has 25 heavy (non-hydrogen) atoms. The molecule has 1 amide bonds. The van der Waals surface area contributed by atoms with Crippen molar-refractivity contribution in [2.45, 2.75) is 26.7 Å². The summed E-state index contributed by atoms with van der Waals surface area (Å²) in [7, 11) is 1.63. The van der Waals surface area contributed by atoms with E-state index in [0.29, 0.717) is 6.54 Å². The van der Waals surface area contributed by atoms with Crippen molar-refractivity contribution in [3.8, 4) is 0 Å². The lowest BCUT2D eigenvalue weighted by Crippen LogP contribution is -2.41. The first-order chi connectivity index (χ1) is 12.0. The van der Waals surface area contributed by atoms with Gasteiger partial charge >= 0.3 is 0 Å². The van der Waals surface area contributed by atoms with Crippen molar-refractivity contribution in [3.05, 3.63) is 51.9 Å². The third kappa shape index (κ3) is 3.73. The maximum Gasteiger partial charge on any atom is 0.268 e. The fourth-order valence-electron chi connectivity index (χ4n) is 3.18. The summed E-state index contributed by atoms with van der Waals surface area (Å²) in [5.74, 6) is -0.0621. The van der Waals surface area contributed by atoms with E-state index in [1.807, 2.05) is 32.0 Å². The zero-order chi connectivity index (χ0) is 18.0. The number of carbonyl (C=O) groups excluding carboxylic acids is 1. The lowest BCUT2D eigenvalue weighted by Gasteiger charge is -2.33. The molecule has 2 heterocycles. The lowest BCUT2D eigenvalue weighted by atomic mass is 9.96. The van der Waals surface area contributed by atoms with Gasteiger partial charge in [-0.3, -0.25) is 9.59 Å². The van der Waals surface area contributed by atoms with Gasteiger partial charge in [0.1, 0.15) is 0 Å². The van der Waals surface area contributed by atoms with Gasteiger partial charge in [0.2, 0.25) is 5.91 Å². The Balaban J connectivity index is 1.72. The van der Waals surface area contributed by atoms with Crippen LogP contribution < -0.4 is 15.8 Å². The van der Waals surface area contributed by atoms with E-state index in [1.54, 1.807) is 19.3 Å². The first kappa shape index (κ1) is 17.2. The van der Waals surface area contributed by atoms with Gasteiger partial charge in [-0.1, -0.05) is 12.1 Å². The van der Waals surface area contributed by atoms with E-state index in [1.165, 1.54) is 4.68 Å². The smallest absolute Gasteiger partial charge is 0.268 e. The summed E-state index contributed by atoms with van der Waals surface area (Å²) in [6.07, 6.45) is 3.46. The summed E-state index contributed by atoms with van der Waals surface area (Å²) in [6.45, 7) is 5.49. The third-order valence-corrected chi connectivity index (χ3v) is 4.97. The fourth-order valence-corrected chi connectivity index (χ4v) is 3.18. The quantitative estimate of drug-likeness (QED) is 0.931. The summed E-state index contributed by atoms with van der Waals surface area (Å²) in [6, 6.07) is 7.51. The normalized spacial score (nSPS) is 17.4. The van der Waals surface area contributed by atoms with Crippen molar-refractivity contribution in [3.63, 3.8) is 0 Å². The molecule has 1 saturated heterocycles. The minimum Gasteiger partial charge on any atom is -0.369 e. The van der Waals surface area contributed by atoms with E-state index in [2.05, 4.69) is 15.3 Å². The van der Waals surface area contributed by atoms with Crippen LogP contribution in [0.1, 0.15) is 24.0 Å².